The van der Waals surface area contributed by atoms with Crippen molar-refractivity contribution in [1.82, 2.24) is 9.62 Å². The van der Waals surface area contributed by atoms with Crippen LogP contribution in [-0.4, -0.2) is 37.9 Å². The maximum atomic E-state index is 13.4. The second-order valence-corrected chi connectivity index (χ2v) is 8.05. The quantitative estimate of drug-likeness (QED) is 0.906. The Morgan fingerprint density at radius 2 is 1.86 bits per heavy atom. The standard InChI is InChI=1S/C15H21FN2O2S/c1-9-4-13(16)5-10(2)15(9)21(19,20)18-11(3)6-12-7-17-8-14(12)18/h4-5,11-12,14,17H,6-8H2,1-3H3. The van der Waals surface area contributed by atoms with Crippen LogP contribution in [0.5, 0.6) is 0 Å². The molecule has 116 valence electrons. The van der Waals surface area contributed by atoms with Gasteiger partial charge < -0.3 is 5.32 Å². The number of nitrogens with one attached hydrogen (secondary N) is 1. The molecule has 1 N–H and O–H groups in total. The molecule has 2 fully saturated rings. The fraction of sp³-hybridized carbons (Fsp3) is 0.600. The van der Waals surface area contributed by atoms with Crippen LogP contribution in [0, 0.1) is 25.6 Å². The first-order chi connectivity index (χ1) is 9.82. The molecule has 1 aromatic rings. The van der Waals surface area contributed by atoms with E-state index in [1.165, 1.54) is 12.1 Å². The van der Waals surface area contributed by atoms with Crippen LogP contribution < -0.4 is 5.32 Å². The highest BCUT2D eigenvalue weighted by Crippen LogP contribution is 2.38. The van der Waals surface area contributed by atoms with Crippen LogP contribution in [0.15, 0.2) is 17.0 Å². The van der Waals surface area contributed by atoms with Crippen molar-refractivity contribution in [2.45, 2.75) is 44.2 Å². The van der Waals surface area contributed by atoms with Crippen molar-refractivity contribution in [2.24, 2.45) is 5.92 Å². The van der Waals surface area contributed by atoms with Crippen LogP contribution in [-0.2, 0) is 10.0 Å². The second kappa shape index (κ2) is 5.04. The Kier molecular flexibility index (Phi) is 3.58. The van der Waals surface area contributed by atoms with Gasteiger partial charge in [-0.3, -0.25) is 0 Å². The minimum absolute atomic E-state index is 0.00375. The lowest BCUT2D eigenvalue weighted by Gasteiger charge is -2.28. The molecule has 21 heavy (non-hydrogen) atoms. The summed E-state index contributed by atoms with van der Waals surface area (Å²) in [6.07, 6.45) is 0.885. The van der Waals surface area contributed by atoms with Crippen molar-refractivity contribution in [3.63, 3.8) is 0 Å². The first-order valence-electron chi connectivity index (χ1n) is 7.33. The largest absolute Gasteiger partial charge is 0.315 e. The number of rotatable bonds is 2. The minimum Gasteiger partial charge on any atom is -0.315 e. The zero-order valence-corrected chi connectivity index (χ0v) is 13.4. The third-order valence-corrected chi connectivity index (χ3v) is 7.02. The van der Waals surface area contributed by atoms with Gasteiger partial charge in [-0.1, -0.05) is 0 Å². The van der Waals surface area contributed by atoms with E-state index < -0.39 is 10.0 Å². The topological polar surface area (TPSA) is 49.4 Å². The average Bonchev–Trinajstić information content (AvgIpc) is 2.85. The van der Waals surface area contributed by atoms with Crippen molar-refractivity contribution in [3.8, 4) is 0 Å². The van der Waals surface area contributed by atoms with Crippen LogP contribution in [0.4, 0.5) is 4.39 Å². The monoisotopic (exact) mass is 312 g/mol. The van der Waals surface area contributed by atoms with E-state index in [0.717, 1.165) is 13.0 Å². The molecule has 0 aromatic heterocycles. The summed E-state index contributed by atoms with van der Waals surface area (Å²) in [5.41, 5.74) is 0.961. The lowest BCUT2D eigenvalue weighted by Crippen LogP contribution is -2.43. The van der Waals surface area contributed by atoms with E-state index in [1.807, 2.05) is 6.92 Å². The Balaban J connectivity index is 2.09. The summed E-state index contributed by atoms with van der Waals surface area (Å²) in [4.78, 5) is 0.267. The van der Waals surface area contributed by atoms with Gasteiger partial charge in [-0.15, -0.1) is 0 Å². The number of sulfonamides is 1. The molecular formula is C15H21FN2O2S. The molecule has 3 rings (SSSR count). The summed E-state index contributed by atoms with van der Waals surface area (Å²) in [7, 11) is -3.59. The van der Waals surface area contributed by atoms with Crippen molar-refractivity contribution < 1.29 is 12.8 Å². The first kappa shape index (κ1) is 14.9. The van der Waals surface area contributed by atoms with Gasteiger partial charge in [0.15, 0.2) is 0 Å². The Morgan fingerprint density at radius 3 is 2.48 bits per heavy atom. The number of aryl methyl sites for hydroxylation is 2. The van der Waals surface area contributed by atoms with Crippen LogP contribution in [0.1, 0.15) is 24.5 Å². The molecule has 2 saturated heterocycles. The van der Waals surface area contributed by atoms with Gasteiger partial charge in [0.2, 0.25) is 10.0 Å². The highest BCUT2D eigenvalue weighted by atomic mass is 32.2. The molecule has 0 amide bonds. The maximum Gasteiger partial charge on any atom is 0.244 e. The number of halogens is 1. The summed E-state index contributed by atoms with van der Waals surface area (Å²) < 4.78 is 41.3. The number of nitrogens with zero attached hydrogens (tertiary/aromatic N) is 1. The molecule has 2 aliphatic heterocycles. The predicted octanol–water partition coefficient (Wildman–Crippen LogP) is 1.81. The van der Waals surface area contributed by atoms with E-state index in [-0.39, 0.29) is 22.8 Å². The zero-order valence-electron chi connectivity index (χ0n) is 12.6. The van der Waals surface area contributed by atoms with Gasteiger partial charge in [0, 0.05) is 18.6 Å². The summed E-state index contributed by atoms with van der Waals surface area (Å²) in [5, 5.41) is 3.27. The number of hydrogen-bond acceptors (Lipinski definition) is 3. The lowest BCUT2D eigenvalue weighted by atomic mass is 10.0. The molecule has 6 heteroatoms. The number of benzene rings is 1. The molecule has 0 aliphatic carbocycles. The van der Waals surface area contributed by atoms with Gasteiger partial charge in [0.05, 0.1) is 4.90 Å². The maximum absolute atomic E-state index is 13.4. The molecule has 2 heterocycles. The van der Waals surface area contributed by atoms with E-state index >= 15 is 0 Å². The van der Waals surface area contributed by atoms with Crippen molar-refractivity contribution in [2.75, 3.05) is 13.1 Å². The summed E-state index contributed by atoms with van der Waals surface area (Å²) in [5.74, 6) is -0.00494. The van der Waals surface area contributed by atoms with E-state index in [9.17, 15) is 12.8 Å². The zero-order chi connectivity index (χ0) is 15.4. The molecule has 2 aliphatic rings. The normalized spacial score (nSPS) is 29.8. The summed E-state index contributed by atoms with van der Waals surface area (Å²) in [6.45, 7) is 6.86. The Hall–Kier alpha value is -0.980. The number of fused-ring (bicyclic) bond motifs is 1. The fourth-order valence-corrected chi connectivity index (χ4v) is 6.26. The minimum atomic E-state index is -3.59. The molecule has 0 radical (unpaired) electrons. The molecule has 3 unspecified atom stereocenters. The van der Waals surface area contributed by atoms with Gasteiger partial charge in [0.1, 0.15) is 5.82 Å². The Morgan fingerprint density at radius 1 is 1.24 bits per heavy atom. The molecular weight excluding hydrogens is 291 g/mol. The first-order valence-corrected chi connectivity index (χ1v) is 8.77. The Bertz CT molecular complexity index is 651. The van der Waals surface area contributed by atoms with Gasteiger partial charge in [-0.2, -0.15) is 4.31 Å². The smallest absolute Gasteiger partial charge is 0.244 e. The van der Waals surface area contributed by atoms with Gasteiger partial charge in [-0.05, 0) is 62.9 Å². The Labute approximate surface area is 125 Å². The molecule has 1 aromatic carbocycles. The predicted molar refractivity (Wildman–Crippen MR) is 79.1 cm³/mol. The second-order valence-electron chi connectivity index (χ2n) is 6.27. The summed E-state index contributed by atoms with van der Waals surface area (Å²) >= 11 is 0. The van der Waals surface area contributed by atoms with Crippen LogP contribution in [0.2, 0.25) is 0 Å². The third kappa shape index (κ3) is 2.29. The SMILES string of the molecule is Cc1cc(F)cc(C)c1S(=O)(=O)N1C(C)CC2CNCC21. The highest BCUT2D eigenvalue weighted by molar-refractivity contribution is 7.89. The van der Waals surface area contributed by atoms with E-state index in [4.69, 9.17) is 0 Å². The molecule has 4 nitrogen and oxygen atoms in total. The number of hydrogen-bond donors (Lipinski definition) is 1. The van der Waals surface area contributed by atoms with Crippen molar-refractivity contribution in [3.05, 3.63) is 29.1 Å². The molecule has 0 bridgehead atoms. The van der Waals surface area contributed by atoms with Crippen LogP contribution in [0.3, 0.4) is 0 Å². The molecule has 0 saturated carbocycles. The third-order valence-electron chi connectivity index (χ3n) is 4.67. The van der Waals surface area contributed by atoms with Crippen LogP contribution >= 0.6 is 0 Å². The van der Waals surface area contributed by atoms with Crippen molar-refractivity contribution >= 4 is 10.0 Å². The highest BCUT2D eigenvalue weighted by Gasteiger charge is 2.48. The molecule has 3 atom stereocenters. The van der Waals surface area contributed by atoms with Gasteiger partial charge in [0.25, 0.3) is 0 Å². The molecule has 0 spiro atoms. The average molecular weight is 312 g/mol. The fourth-order valence-electron chi connectivity index (χ4n) is 3.95. The summed E-state index contributed by atoms with van der Waals surface area (Å²) in [6, 6.07) is 2.61. The van der Waals surface area contributed by atoms with E-state index in [0.29, 0.717) is 23.6 Å². The van der Waals surface area contributed by atoms with E-state index in [1.54, 1.807) is 18.2 Å². The van der Waals surface area contributed by atoms with E-state index in [2.05, 4.69) is 5.32 Å². The van der Waals surface area contributed by atoms with Gasteiger partial charge in [-0.25, -0.2) is 12.8 Å². The van der Waals surface area contributed by atoms with Crippen LogP contribution in [0.25, 0.3) is 0 Å². The van der Waals surface area contributed by atoms with Gasteiger partial charge >= 0.3 is 0 Å². The lowest BCUT2D eigenvalue weighted by molar-refractivity contribution is 0.335. The van der Waals surface area contributed by atoms with Crippen molar-refractivity contribution in [1.29, 1.82) is 0 Å².